The fourth-order valence-corrected chi connectivity index (χ4v) is 2.68. The van der Waals surface area contributed by atoms with Gasteiger partial charge < -0.3 is 20.7 Å². The second-order valence-electron chi connectivity index (χ2n) is 6.37. The van der Waals surface area contributed by atoms with Crippen LogP contribution in [-0.2, 0) is 4.79 Å². The molecule has 0 bridgehead atoms. The molecule has 2 aromatic rings. The van der Waals surface area contributed by atoms with E-state index in [0.29, 0.717) is 12.3 Å². The minimum absolute atomic E-state index is 0.0675. The third kappa shape index (κ3) is 7.79. The Bertz CT molecular complexity index is 1030. The van der Waals surface area contributed by atoms with Gasteiger partial charge >= 0.3 is 6.18 Å². The van der Waals surface area contributed by atoms with Crippen molar-refractivity contribution in [1.29, 1.82) is 5.41 Å². The van der Waals surface area contributed by atoms with Crippen molar-refractivity contribution in [1.82, 2.24) is 15.6 Å². The van der Waals surface area contributed by atoms with Gasteiger partial charge in [0.05, 0.1) is 17.7 Å². The molecule has 0 unspecified atom stereocenters. The number of halogens is 4. The van der Waals surface area contributed by atoms with Gasteiger partial charge in [-0.05, 0) is 25.1 Å². The van der Waals surface area contributed by atoms with Crippen molar-refractivity contribution in [3.63, 3.8) is 0 Å². The summed E-state index contributed by atoms with van der Waals surface area (Å²) in [5.74, 6) is -1.47. The van der Waals surface area contributed by atoms with Crippen LogP contribution in [0, 0.1) is 5.41 Å². The molecule has 33 heavy (non-hydrogen) atoms. The van der Waals surface area contributed by atoms with Crippen LogP contribution < -0.4 is 20.7 Å². The van der Waals surface area contributed by atoms with E-state index in [1.807, 2.05) is 0 Å². The van der Waals surface area contributed by atoms with Gasteiger partial charge in [0.1, 0.15) is 10.9 Å². The number of amides is 2. The van der Waals surface area contributed by atoms with E-state index in [2.05, 4.69) is 20.9 Å². The molecular weight excluding hydrogens is 463 g/mol. The number of alkyl halides is 3. The van der Waals surface area contributed by atoms with Gasteiger partial charge in [-0.2, -0.15) is 13.2 Å². The lowest BCUT2D eigenvalue weighted by Gasteiger charge is -2.14. The number of hydrogen-bond acceptors (Lipinski definition) is 6. The first-order valence-electron chi connectivity index (χ1n) is 9.67. The number of pyridine rings is 1. The van der Waals surface area contributed by atoms with Gasteiger partial charge in [0.2, 0.25) is 5.88 Å². The van der Waals surface area contributed by atoms with Crippen LogP contribution in [0.25, 0.3) is 0 Å². The van der Waals surface area contributed by atoms with E-state index < -0.39 is 29.3 Å². The van der Waals surface area contributed by atoms with Crippen LogP contribution in [-0.4, -0.2) is 48.4 Å². The third-order valence-corrected chi connectivity index (χ3v) is 4.30. The molecule has 0 spiro atoms. The minimum Gasteiger partial charge on any atom is -0.478 e. The number of ether oxygens (including phenoxy) is 1. The molecule has 0 aliphatic carbocycles. The summed E-state index contributed by atoms with van der Waals surface area (Å²) in [6, 6.07) is 11.1. The first-order valence-corrected chi connectivity index (χ1v) is 10.0. The van der Waals surface area contributed by atoms with E-state index in [0.717, 1.165) is 6.20 Å². The van der Waals surface area contributed by atoms with Gasteiger partial charge in [0.15, 0.2) is 0 Å². The Hall–Kier alpha value is -3.60. The van der Waals surface area contributed by atoms with E-state index in [-0.39, 0.29) is 29.7 Å². The van der Waals surface area contributed by atoms with E-state index in [9.17, 15) is 22.8 Å². The highest BCUT2D eigenvalue weighted by Gasteiger charge is 2.39. The molecule has 2 amide bonds. The molecule has 0 fully saturated rings. The smallest absolute Gasteiger partial charge is 0.433 e. The lowest BCUT2D eigenvalue weighted by molar-refractivity contribution is -0.117. The van der Waals surface area contributed by atoms with Gasteiger partial charge in [-0.1, -0.05) is 29.8 Å². The molecule has 0 radical (unpaired) electrons. The van der Waals surface area contributed by atoms with Crippen LogP contribution in [0.1, 0.15) is 17.3 Å². The van der Waals surface area contributed by atoms with Gasteiger partial charge in [0, 0.05) is 31.0 Å². The molecule has 0 aliphatic heterocycles. The topological polar surface area (TPSA) is 116 Å². The Labute approximate surface area is 192 Å². The summed E-state index contributed by atoms with van der Waals surface area (Å²) in [6.45, 7) is 1.84. The molecule has 0 saturated carbocycles. The average molecular weight is 484 g/mol. The molecule has 0 atom stereocenters. The predicted molar refractivity (Wildman–Crippen MR) is 118 cm³/mol. The number of aromatic nitrogens is 1. The zero-order chi connectivity index (χ0) is 24.4. The summed E-state index contributed by atoms with van der Waals surface area (Å²) >= 11 is 5.96. The van der Waals surface area contributed by atoms with Crippen LogP contribution in [0.2, 0.25) is 5.15 Å². The second kappa shape index (κ2) is 11.9. The SMILES string of the molecule is CCOc1ccc(C(=O)NCCNC(=O)/C(=C/Nc2ccccc2)C(=N)C(F)(F)F)c(Cl)n1. The van der Waals surface area contributed by atoms with Gasteiger partial charge in [-0.3, -0.25) is 15.0 Å². The fourth-order valence-electron chi connectivity index (χ4n) is 2.45. The quantitative estimate of drug-likeness (QED) is 0.178. The van der Waals surface area contributed by atoms with Crippen molar-refractivity contribution in [2.75, 3.05) is 25.0 Å². The van der Waals surface area contributed by atoms with E-state index in [1.54, 1.807) is 37.3 Å². The first-order chi connectivity index (χ1) is 15.6. The number of carbonyl (C=O) groups excluding carboxylic acids is 2. The van der Waals surface area contributed by atoms with Crippen molar-refractivity contribution < 1.29 is 27.5 Å². The highest BCUT2D eigenvalue weighted by atomic mass is 35.5. The van der Waals surface area contributed by atoms with E-state index >= 15 is 0 Å². The van der Waals surface area contributed by atoms with Crippen LogP contribution in [0.15, 0.2) is 54.2 Å². The third-order valence-electron chi connectivity index (χ3n) is 4.01. The van der Waals surface area contributed by atoms with Gasteiger partial charge in [0.25, 0.3) is 11.8 Å². The van der Waals surface area contributed by atoms with Crippen molar-refractivity contribution >= 4 is 34.8 Å². The molecular formula is C21H21ClF3N5O3. The minimum atomic E-state index is -5.02. The Morgan fingerprint density at radius 2 is 1.79 bits per heavy atom. The molecule has 8 nitrogen and oxygen atoms in total. The number of nitrogens with zero attached hydrogens (tertiary/aromatic N) is 1. The molecule has 4 N–H and O–H groups in total. The molecule has 1 heterocycles. The average Bonchev–Trinajstić information content (AvgIpc) is 2.77. The number of para-hydroxylation sites is 1. The first kappa shape index (κ1) is 25.7. The monoisotopic (exact) mass is 483 g/mol. The molecule has 2 rings (SSSR count). The van der Waals surface area contributed by atoms with Crippen molar-refractivity contribution in [2.24, 2.45) is 0 Å². The summed E-state index contributed by atoms with van der Waals surface area (Å²) in [7, 11) is 0. The normalized spacial score (nSPS) is 11.5. The number of carbonyl (C=O) groups is 2. The lowest BCUT2D eigenvalue weighted by atomic mass is 10.1. The summed E-state index contributed by atoms with van der Waals surface area (Å²) in [5.41, 5.74) is -2.21. The Kier molecular flexibility index (Phi) is 9.22. The zero-order valence-electron chi connectivity index (χ0n) is 17.4. The number of nitrogens with one attached hydrogen (secondary N) is 4. The van der Waals surface area contributed by atoms with Gasteiger partial charge in [-0.15, -0.1) is 0 Å². The summed E-state index contributed by atoms with van der Waals surface area (Å²) < 4.78 is 44.3. The molecule has 12 heteroatoms. The largest absolute Gasteiger partial charge is 0.478 e. The Morgan fingerprint density at radius 3 is 2.39 bits per heavy atom. The lowest BCUT2D eigenvalue weighted by Crippen LogP contribution is -2.39. The van der Waals surface area contributed by atoms with E-state index in [4.69, 9.17) is 21.7 Å². The predicted octanol–water partition coefficient (Wildman–Crippen LogP) is 3.56. The number of hydrogen-bond donors (Lipinski definition) is 4. The molecule has 1 aromatic carbocycles. The summed E-state index contributed by atoms with van der Waals surface area (Å²) in [5, 5.41) is 14.5. The van der Waals surface area contributed by atoms with E-state index in [1.165, 1.54) is 12.1 Å². The fraction of sp³-hybridized carbons (Fsp3) is 0.238. The highest BCUT2D eigenvalue weighted by Crippen LogP contribution is 2.22. The molecule has 0 aliphatic rings. The maximum Gasteiger partial charge on any atom is 0.433 e. The van der Waals surface area contributed by atoms with Crippen molar-refractivity contribution in [3.05, 3.63) is 65.0 Å². The van der Waals surface area contributed by atoms with Crippen LogP contribution in [0.4, 0.5) is 18.9 Å². The zero-order valence-corrected chi connectivity index (χ0v) is 18.2. The highest BCUT2D eigenvalue weighted by molar-refractivity contribution is 6.32. The number of benzene rings is 1. The number of anilines is 1. The molecule has 1 aromatic heterocycles. The van der Waals surface area contributed by atoms with Crippen LogP contribution in [0.3, 0.4) is 0 Å². The summed E-state index contributed by atoms with van der Waals surface area (Å²) in [6.07, 6.45) is -4.21. The van der Waals surface area contributed by atoms with Crippen LogP contribution >= 0.6 is 11.6 Å². The maximum absolute atomic E-state index is 13.0. The standard InChI is InChI=1S/C21H21ClF3N5O3/c1-2-33-16-9-8-14(18(22)30-16)19(31)27-10-11-28-20(32)15(17(26)21(23,24)25)12-29-13-6-4-3-5-7-13/h3-9,12,26,29H,2,10-11H2,1H3,(H,27,31)(H,28,32)/b15-12+,26-17?. The maximum atomic E-state index is 13.0. The van der Waals surface area contributed by atoms with Gasteiger partial charge in [-0.25, -0.2) is 4.98 Å². The second-order valence-corrected chi connectivity index (χ2v) is 6.73. The Morgan fingerprint density at radius 1 is 1.12 bits per heavy atom. The Balaban J connectivity index is 1.96. The molecule has 0 saturated heterocycles. The number of rotatable bonds is 10. The van der Waals surface area contributed by atoms with Crippen molar-refractivity contribution in [3.8, 4) is 5.88 Å². The molecule has 176 valence electrons. The van der Waals surface area contributed by atoms with Crippen molar-refractivity contribution in [2.45, 2.75) is 13.1 Å². The van der Waals surface area contributed by atoms with Crippen LogP contribution in [0.5, 0.6) is 5.88 Å². The summed E-state index contributed by atoms with van der Waals surface area (Å²) in [4.78, 5) is 28.4.